The molecular weight excluding hydrogens is 420 g/mol. The summed E-state index contributed by atoms with van der Waals surface area (Å²) in [5.41, 5.74) is 4.01. The number of carboxylic acid groups (broad SMARTS) is 1. The van der Waals surface area contributed by atoms with Crippen LogP contribution in [-0.2, 0) is 14.3 Å². The lowest BCUT2D eigenvalue weighted by molar-refractivity contribution is -0.145. The molecule has 0 heterocycles. The van der Waals surface area contributed by atoms with E-state index in [1.165, 1.54) is 0 Å². The molecule has 0 bridgehead atoms. The van der Waals surface area contributed by atoms with Gasteiger partial charge in [0.1, 0.15) is 12.6 Å². The Kier molecular flexibility index (Phi) is 7.41. The van der Waals surface area contributed by atoms with E-state index in [2.05, 4.69) is 34.9 Å². The first-order chi connectivity index (χ1) is 15.6. The fourth-order valence-corrected chi connectivity index (χ4v) is 4.14. The molecule has 3 rings (SSSR count). The lowest BCUT2D eigenvalue weighted by Crippen LogP contribution is -2.49. The number of rotatable bonds is 8. The molecule has 33 heavy (non-hydrogen) atoms. The SMILES string of the molecule is CC(CCC(=O)N[C@H](C(=O)O)C(C)(C)C)NC(=O)OCC1c2ccccc2-c2ccccc21. The summed E-state index contributed by atoms with van der Waals surface area (Å²) in [5, 5.41) is 14.7. The Morgan fingerprint density at radius 1 is 0.970 bits per heavy atom. The zero-order valence-electron chi connectivity index (χ0n) is 19.6. The van der Waals surface area contributed by atoms with E-state index in [0.717, 1.165) is 22.3 Å². The standard InChI is InChI=1S/C26H32N2O5/c1-16(13-14-22(29)28-23(24(30)31)26(2,3)4)27-25(32)33-15-21-19-11-7-5-9-17(19)18-10-6-8-12-20(18)21/h5-12,16,21,23H,13-15H2,1-4H3,(H,27,32)(H,28,29)(H,30,31)/t16?,23-/m1/s1. The fourth-order valence-electron chi connectivity index (χ4n) is 4.14. The van der Waals surface area contributed by atoms with E-state index < -0.39 is 23.5 Å². The van der Waals surface area contributed by atoms with Crippen molar-refractivity contribution >= 4 is 18.0 Å². The second kappa shape index (κ2) is 10.1. The van der Waals surface area contributed by atoms with Crippen LogP contribution in [0, 0.1) is 5.41 Å². The number of aliphatic carboxylic acids is 1. The Labute approximate surface area is 194 Å². The van der Waals surface area contributed by atoms with Crippen molar-refractivity contribution in [2.45, 2.75) is 58.5 Å². The van der Waals surface area contributed by atoms with Gasteiger partial charge in [-0.3, -0.25) is 4.79 Å². The molecule has 0 aliphatic heterocycles. The molecule has 1 aliphatic carbocycles. The lowest BCUT2D eigenvalue weighted by Gasteiger charge is -2.28. The lowest BCUT2D eigenvalue weighted by atomic mass is 9.86. The molecule has 0 aromatic heterocycles. The molecule has 0 saturated heterocycles. The summed E-state index contributed by atoms with van der Waals surface area (Å²) in [7, 11) is 0. The van der Waals surface area contributed by atoms with Gasteiger partial charge in [0.15, 0.2) is 0 Å². The minimum atomic E-state index is -1.07. The van der Waals surface area contributed by atoms with Gasteiger partial charge < -0.3 is 20.5 Å². The second-order valence-electron chi connectivity index (χ2n) is 9.61. The van der Waals surface area contributed by atoms with Crippen LogP contribution in [0.15, 0.2) is 48.5 Å². The van der Waals surface area contributed by atoms with Gasteiger partial charge in [0.25, 0.3) is 0 Å². The topological polar surface area (TPSA) is 105 Å². The average molecular weight is 453 g/mol. The number of carboxylic acids is 1. The van der Waals surface area contributed by atoms with Crippen LogP contribution in [0.4, 0.5) is 4.79 Å². The van der Waals surface area contributed by atoms with Crippen molar-refractivity contribution < 1.29 is 24.2 Å². The summed E-state index contributed by atoms with van der Waals surface area (Å²) in [5.74, 6) is -1.45. The van der Waals surface area contributed by atoms with Gasteiger partial charge in [-0.15, -0.1) is 0 Å². The van der Waals surface area contributed by atoms with Crippen LogP contribution in [0.25, 0.3) is 11.1 Å². The smallest absolute Gasteiger partial charge is 0.407 e. The maximum absolute atomic E-state index is 12.4. The molecule has 176 valence electrons. The molecular formula is C26H32N2O5. The minimum Gasteiger partial charge on any atom is -0.480 e. The van der Waals surface area contributed by atoms with Crippen molar-refractivity contribution in [3.8, 4) is 11.1 Å². The molecule has 0 radical (unpaired) electrons. The highest BCUT2D eigenvalue weighted by molar-refractivity contribution is 5.84. The van der Waals surface area contributed by atoms with Crippen LogP contribution < -0.4 is 10.6 Å². The largest absolute Gasteiger partial charge is 0.480 e. The van der Waals surface area contributed by atoms with Crippen molar-refractivity contribution in [2.75, 3.05) is 6.61 Å². The quantitative estimate of drug-likeness (QED) is 0.554. The highest BCUT2D eigenvalue weighted by Gasteiger charge is 2.32. The zero-order valence-corrected chi connectivity index (χ0v) is 19.6. The van der Waals surface area contributed by atoms with Crippen molar-refractivity contribution in [3.63, 3.8) is 0 Å². The Balaban J connectivity index is 1.49. The summed E-state index contributed by atoms with van der Waals surface area (Å²) in [4.78, 5) is 36.0. The third-order valence-electron chi connectivity index (χ3n) is 5.93. The predicted octanol–water partition coefficient (Wildman–Crippen LogP) is 4.31. The number of benzene rings is 2. The molecule has 3 N–H and O–H groups in total. The summed E-state index contributed by atoms with van der Waals surface area (Å²) in [6.07, 6.45) is -0.0696. The Bertz CT molecular complexity index is 982. The second-order valence-corrected chi connectivity index (χ2v) is 9.61. The summed E-state index contributed by atoms with van der Waals surface area (Å²) < 4.78 is 5.53. The molecule has 2 aromatic rings. The Hall–Kier alpha value is -3.35. The molecule has 7 heteroatoms. The molecule has 7 nitrogen and oxygen atoms in total. The number of nitrogens with one attached hydrogen (secondary N) is 2. The normalized spacial score (nSPS) is 14.5. The van der Waals surface area contributed by atoms with Crippen molar-refractivity contribution in [2.24, 2.45) is 5.41 Å². The van der Waals surface area contributed by atoms with Gasteiger partial charge in [-0.25, -0.2) is 9.59 Å². The highest BCUT2D eigenvalue weighted by atomic mass is 16.5. The number of fused-ring (bicyclic) bond motifs is 3. The van der Waals surface area contributed by atoms with E-state index in [-0.39, 0.29) is 30.9 Å². The van der Waals surface area contributed by atoms with Crippen molar-refractivity contribution in [3.05, 3.63) is 59.7 Å². The third-order valence-corrected chi connectivity index (χ3v) is 5.93. The van der Waals surface area contributed by atoms with Crippen molar-refractivity contribution in [1.29, 1.82) is 0 Å². The van der Waals surface area contributed by atoms with Crippen molar-refractivity contribution in [1.82, 2.24) is 10.6 Å². The maximum Gasteiger partial charge on any atom is 0.407 e. The number of hydrogen-bond donors (Lipinski definition) is 3. The minimum absolute atomic E-state index is 0.0189. The van der Waals surface area contributed by atoms with E-state index in [0.29, 0.717) is 6.42 Å². The first-order valence-corrected chi connectivity index (χ1v) is 11.2. The predicted molar refractivity (Wildman–Crippen MR) is 126 cm³/mol. The number of amides is 2. The summed E-state index contributed by atoms with van der Waals surface area (Å²) >= 11 is 0. The molecule has 1 aliphatic rings. The van der Waals surface area contributed by atoms with Crippen LogP contribution in [0.1, 0.15) is 57.6 Å². The Morgan fingerprint density at radius 3 is 2.03 bits per heavy atom. The van der Waals surface area contributed by atoms with Crippen LogP contribution in [-0.4, -0.2) is 41.8 Å². The van der Waals surface area contributed by atoms with Crippen LogP contribution in [0.3, 0.4) is 0 Å². The molecule has 0 saturated carbocycles. The van der Waals surface area contributed by atoms with E-state index in [1.807, 2.05) is 24.3 Å². The Morgan fingerprint density at radius 2 is 1.52 bits per heavy atom. The fraction of sp³-hybridized carbons (Fsp3) is 0.423. The first-order valence-electron chi connectivity index (χ1n) is 11.2. The number of alkyl carbamates (subject to hydrolysis) is 1. The summed E-state index contributed by atoms with van der Waals surface area (Å²) in [6.45, 7) is 7.28. The molecule has 0 fully saturated rings. The van der Waals surface area contributed by atoms with Crippen LogP contribution in [0.2, 0.25) is 0 Å². The average Bonchev–Trinajstić information content (AvgIpc) is 3.07. The first kappa shape index (κ1) is 24.3. The van der Waals surface area contributed by atoms with Gasteiger partial charge in [-0.1, -0.05) is 69.3 Å². The van der Waals surface area contributed by atoms with E-state index in [4.69, 9.17) is 4.74 Å². The molecule has 1 unspecified atom stereocenters. The highest BCUT2D eigenvalue weighted by Crippen LogP contribution is 2.44. The van der Waals surface area contributed by atoms with Gasteiger partial charge >= 0.3 is 12.1 Å². The zero-order chi connectivity index (χ0) is 24.2. The number of carbonyl (C=O) groups is 3. The van der Waals surface area contributed by atoms with Gasteiger partial charge in [-0.05, 0) is 41.0 Å². The van der Waals surface area contributed by atoms with Gasteiger partial charge in [0.2, 0.25) is 5.91 Å². The third kappa shape index (κ3) is 5.92. The maximum atomic E-state index is 12.4. The van der Waals surface area contributed by atoms with E-state index in [1.54, 1.807) is 27.7 Å². The van der Waals surface area contributed by atoms with Crippen LogP contribution in [0.5, 0.6) is 0 Å². The van der Waals surface area contributed by atoms with Crippen LogP contribution >= 0.6 is 0 Å². The van der Waals surface area contributed by atoms with E-state index in [9.17, 15) is 19.5 Å². The monoisotopic (exact) mass is 452 g/mol. The number of ether oxygens (including phenoxy) is 1. The van der Waals surface area contributed by atoms with Gasteiger partial charge in [0.05, 0.1) is 0 Å². The van der Waals surface area contributed by atoms with E-state index >= 15 is 0 Å². The molecule has 0 spiro atoms. The summed E-state index contributed by atoms with van der Waals surface area (Å²) in [6, 6.07) is 15.0. The molecule has 2 amide bonds. The number of hydrogen-bond acceptors (Lipinski definition) is 4. The van der Waals surface area contributed by atoms with Gasteiger partial charge in [-0.2, -0.15) is 0 Å². The molecule has 2 aromatic carbocycles. The molecule has 2 atom stereocenters. The van der Waals surface area contributed by atoms with Gasteiger partial charge in [0, 0.05) is 18.4 Å². The number of carbonyl (C=O) groups excluding carboxylic acids is 2.